The third-order valence-electron chi connectivity index (χ3n) is 3.44. The van der Waals surface area contributed by atoms with Crippen LogP contribution >= 0.6 is 23.4 Å². The van der Waals surface area contributed by atoms with Crippen LogP contribution in [0.4, 0.5) is 0 Å². The van der Waals surface area contributed by atoms with Crippen LogP contribution in [-0.4, -0.2) is 31.1 Å². The first kappa shape index (κ1) is 21.9. The number of carbonyl (C=O) groups excluding carboxylic acids is 1. The van der Waals surface area contributed by atoms with Gasteiger partial charge in [0.05, 0.1) is 18.6 Å². The second-order valence-electron chi connectivity index (χ2n) is 5.65. The van der Waals surface area contributed by atoms with Crippen LogP contribution in [0.2, 0.25) is 5.02 Å². The number of carbonyl (C=O) groups is 1. The van der Waals surface area contributed by atoms with Crippen molar-refractivity contribution in [1.29, 1.82) is 0 Å². The van der Waals surface area contributed by atoms with E-state index in [4.69, 9.17) is 21.1 Å². The van der Waals surface area contributed by atoms with Crippen molar-refractivity contribution in [2.24, 2.45) is 5.10 Å². The van der Waals surface area contributed by atoms with E-state index in [0.29, 0.717) is 35.5 Å². The third kappa shape index (κ3) is 7.66. The summed E-state index contributed by atoms with van der Waals surface area (Å²) < 4.78 is 11.1. The summed E-state index contributed by atoms with van der Waals surface area (Å²) in [6, 6.07) is 13.0. The molecule has 1 N–H and O–H groups in total. The lowest BCUT2D eigenvalue weighted by molar-refractivity contribution is -0.118. The Balaban J connectivity index is 1.82. The van der Waals surface area contributed by atoms with Crippen molar-refractivity contribution in [3.63, 3.8) is 0 Å². The maximum atomic E-state index is 11.9. The van der Waals surface area contributed by atoms with Gasteiger partial charge >= 0.3 is 0 Å². The zero-order chi connectivity index (χ0) is 20.2. The molecule has 0 spiro atoms. The maximum absolute atomic E-state index is 11.9. The molecule has 0 unspecified atom stereocenters. The number of nitrogens with zero attached hydrogens (tertiary/aromatic N) is 1. The highest BCUT2D eigenvalue weighted by atomic mass is 35.5. The third-order valence-corrected chi connectivity index (χ3v) is 4.70. The van der Waals surface area contributed by atoms with Crippen LogP contribution in [0.5, 0.6) is 11.5 Å². The molecule has 2 aromatic rings. The summed E-state index contributed by atoms with van der Waals surface area (Å²) >= 11 is 7.37. The van der Waals surface area contributed by atoms with Gasteiger partial charge in [0.2, 0.25) is 5.91 Å². The Kier molecular flexibility index (Phi) is 9.45. The lowest BCUT2D eigenvalue weighted by Gasteiger charge is -2.11. The van der Waals surface area contributed by atoms with E-state index in [1.165, 1.54) is 11.8 Å². The van der Waals surface area contributed by atoms with E-state index < -0.39 is 0 Å². The predicted molar refractivity (Wildman–Crippen MR) is 117 cm³/mol. The van der Waals surface area contributed by atoms with Crippen molar-refractivity contribution in [1.82, 2.24) is 5.43 Å². The lowest BCUT2D eigenvalue weighted by atomic mass is 10.2. The van der Waals surface area contributed by atoms with Gasteiger partial charge in [0, 0.05) is 10.8 Å². The molecule has 0 bridgehead atoms. The van der Waals surface area contributed by atoms with Crippen LogP contribution in [-0.2, 0) is 10.5 Å². The minimum atomic E-state index is -0.161. The quantitative estimate of drug-likeness (QED) is 0.327. The summed E-state index contributed by atoms with van der Waals surface area (Å²) in [6.07, 6.45) is 3.24. The summed E-state index contributed by atoms with van der Waals surface area (Å²) in [5.41, 5.74) is 4.44. The van der Waals surface area contributed by atoms with E-state index in [9.17, 15) is 4.79 Å². The molecule has 1 amide bonds. The fourth-order valence-corrected chi connectivity index (χ4v) is 3.10. The summed E-state index contributed by atoms with van der Waals surface area (Å²) in [5, 5.41) is 4.71. The van der Waals surface area contributed by atoms with Crippen molar-refractivity contribution in [3.8, 4) is 11.5 Å². The van der Waals surface area contributed by atoms with Gasteiger partial charge in [-0.2, -0.15) is 5.10 Å². The molecular weight excluding hydrogens is 396 g/mol. The molecule has 0 aliphatic carbocycles. The largest absolute Gasteiger partial charge is 0.490 e. The standard InChI is InChI=1S/C21H23ClN2O3S/c1-3-11-27-19-10-7-17(12-20(19)26-4-2)13-23-24-21(25)15-28-14-16-5-8-18(22)9-6-16/h3,5-10,12-13H,1,4,11,14-15H2,2H3,(H,24,25)/b23-13-. The van der Waals surface area contributed by atoms with Gasteiger partial charge in [-0.15, -0.1) is 11.8 Å². The summed E-state index contributed by atoms with van der Waals surface area (Å²) in [6.45, 7) is 6.46. The molecule has 148 valence electrons. The number of hydrazone groups is 1. The Morgan fingerprint density at radius 2 is 2.00 bits per heavy atom. The van der Waals surface area contributed by atoms with Crippen LogP contribution in [0.1, 0.15) is 18.1 Å². The van der Waals surface area contributed by atoms with Gasteiger partial charge in [0.1, 0.15) is 6.61 Å². The lowest BCUT2D eigenvalue weighted by Crippen LogP contribution is -2.19. The van der Waals surface area contributed by atoms with Gasteiger partial charge in [0.15, 0.2) is 11.5 Å². The Hall–Kier alpha value is -2.44. The van der Waals surface area contributed by atoms with E-state index in [0.717, 1.165) is 16.9 Å². The molecule has 7 heteroatoms. The van der Waals surface area contributed by atoms with Gasteiger partial charge < -0.3 is 9.47 Å². The van der Waals surface area contributed by atoms with Crippen molar-refractivity contribution in [3.05, 3.63) is 71.3 Å². The molecule has 2 aromatic carbocycles. The van der Waals surface area contributed by atoms with E-state index in [1.807, 2.05) is 43.3 Å². The van der Waals surface area contributed by atoms with E-state index in [-0.39, 0.29) is 5.91 Å². The highest BCUT2D eigenvalue weighted by Crippen LogP contribution is 2.28. The molecule has 0 heterocycles. The zero-order valence-corrected chi connectivity index (χ0v) is 17.3. The fraction of sp³-hybridized carbons (Fsp3) is 0.238. The number of hydrogen-bond acceptors (Lipinski definition) is 5. The van der Waals surface area contributed by atoms with Crippen LogP contribution in [0, 0.1) is 0 Å². The monoisotopic (exact) mass is 418 g/mol. The van der Waals surface area contributed by atoms with Gasteiger partial charge in [-0.3, -0.25) is 4.79 Å². The number of halogens is 1. The molecule has 0 saturated carbocycles. The minimum absolute atomic E-state index is 0.161. The average molecular weight is 419 g/mol. The molecule has 28 heavy (non-hydrogen) atoms. The van der Waals surface area contributed by atoms with Gasteiger partial charge in [-0.1, -0.05) is 36.4 Å². The summed E-state index contributed by atoms with van der Waals surface area (Å²) in [5.74, 6) is 2.15. The summed E-state index contributed by atoms with van der Waals surface area (Å²) in [7, 11) is 0. The Bertz CT molecular complexity index is 810. The minimum Gasteiger partial charge on any atom is -0.490 e. The fourth-order valence-electron chi connectivity index (χ4n) is 2.19. The molecule has 0 radical (unpaired) electrons. The number of benzene rings is 2. The second-order valence-corrected chi connectivity index (χ2v) is 7.07. The molecule has 0 saturated heterocycles. The SMILES string of the molecule is C=CCOc1ccc(/C=N\NC(=O)CSCc2ccc(Cl)cc2)cc1OCC. The molecular formula is C21H23ClN2O3S. The van der Waals surface area contributed by atoms with Gasteiger partial charge in [-0.25, -0.2) is 5.43 Å². The van der Waals surface area contributed by atoms with Crippen molar-refractivity contribution in [2.75, 3.05) is 19.0 Å². The smallest absolute Gasteiger partial charge is 0.250 e. The predicted octanol–water partition coefficient (Wildman–Crippen LogP) is 4.69. The van der Waals surface area contributed by atoms with Crippen LogP contribution in [0.3, 0.4) is 0 Å². The van der Waals surface area contributed by atoms with Crippen LogP contribution in [0.15, 0.2) is 60.2 Å². The molecule has 0 aliphatic heterocycles. The van der Waals surface area contributed by atoms with Crippen molar-refractivity contribution in [2.45, 2.75) is 12.7 Å². The number of thioether (sulfide) groups is 1. The van der Waals surface area contributed by atoms with E-state index >= 15 is 0 Å². The maximum Gasteiger partial charge on any atom is 0.250 e. The molecule has 0 fully saturated rings. The van der Waals surface area contributed by atoms with Gasteiger partial charge in [0.25, 0.3) is 0 Å². The highest BCUT2D eigenvalue weighted by Gasteiger charge is 2.06. The van der Waals surface area contributed by atoms with E-state index in [1.54, 1.807) is 18.4 Å². The number of nitrogens with one attached hydrogen (secondary N) is 1. The normalized spacial score (nSPS) is 10.6. The first-order chi connectivity index (χ1) is 13.6. The molecule has 0 aliphatic rings. The van der Waals surface area contributed by atoms with Crippen molar-refractivity contribution < 1.29 is 14.3 Å². The van der Waals surface area contributed by atoms with Crippen LogP contribution in [0.25, 0.3) is 0 Å². The first-order valence-corrected chi connectivity index (χ1v) is 10.3. The van der Waals surface area contributed by atoms with Gasteiger partial charge in [-0.05, 0) is 48.4 Å². The van der Waals surface area contributed by atoms with Crippen LogP contribution < -0.4 is 14.9 Å². The summed E-state index contributed by atoms with van der Waals surface area (Å²) in [4.78, 5) is 11.9. The number of ether oxygens (including phenoxy) is 2. The Morgan fingerprint density at radius 1 is 1.21 bits per heavy atom. The number of rotatable bonds is 11. The average Bonchev–Trinajstić information content (AvgIpc) is 2.69. The number of amides is 1. The molecule has 0 atom stereocenters. The first-order valence-electron chi connectivity index (χ1n) is 8.77. The second kappa shape index (κ2) is 12.1. The van der Waals surface area contributed by atoms with E-state index in [2.05, 4.69) is 17.1 Å². The molecule has 5 nitrogen and oxygen atoms in total. The number of hydrogen-bond donors (Lipinski definition) is 1. The molecule has 2 rings (SSSR count). The Morgan fingerprint density at radius 3 is 2.71 bits per heavy atom. The zero-order valence-electron chi connectivity index (χ0n) is 15.7. The highest BCUT2D eigenvalue weighted by molar-refractivity contribution is 7.99. The van der Waals surface area contributed by atoms with Crippen molar-refractivity contribution >= 4 is 35.5 Å². The Labute approximate surface area is 174 Å². The molecule has 0 aromatic heterocycles. The topological polar surface area (TPSA) is 59.9 Å².